The quantitative estimate of drug-likeness (QED) is 0.747. The van der Waals surface area contributed by atoms with E-state index in [1.165, 1.54) is 16.2 Å². The van der Waals surface area contributed by atoms with Crippen molar-refractivity contribution in [1.29, 1.82) is 0 Å². The van der Waals surface area contributed by atoms with Crippen molar-refractivity contribution in [1.82, 2.24) is 14.5 Å². The molecule has 7 heteroatoms. The van der Waals surface area contributed by atoms with E-state index in [0.717, 1.165) is 54.6 Å². The fourth-order valence-corrected chi connectivity index (χ4v) is 4.10. The van der Waals surface area contributed by atoms with Gasteiger partial charge < -0.3 is 15.6 Å². The number of amides is 1. The maximum Gasteiger partial charge on any atom is 0.284 e. The molecule has 2 heterocycles. The van der Waals surface area contributed by atoms with Crippen LogP contribution in [0.15, 0.2) is 24.5 Å². The van der Waals surface area contributed by atoms with Gasteiger partial charge in [0, 0.05) is 17.1 Å². The van der Waals surface area contributed by atoms with Gasteiger partial charge in [-0.1, -0.05) is 0 Å². The molecule has 0 radical (unpaired) electrons. The van der Waals surface area contributed by atoms with Crippen LogP contribution in [0, 0.1) is 0 Å². The number of hydrogen-bond donors (Lipinski definition) is 2. The number of benzene rings is 1. The van der Waals surface area contributed by atoms with E-state index in [2.05, 4.69) is 19.9 Å². The van der Waals surface area contributed by atoms with Crippen LogP contribution in [0.3, 0.4) is 0 Å². The van der Waals surface area contributed by atoms with Gasteiger partial charge in [0.05, 0.1) is 23.1 Å². The zero-order chi connectivity index (χ0) is 16.5. The molecule has 4 rings (SSSR count). The summed E-state index contributed by atoms with van der Waals surface area (Å²) in [6.07, 6.45) is 5.92. The first-order chi connectivity index (χ1) is 11.7. The number of carbonyl (C=O) groups is 1. The lowest BCUT2D eigenvalue weighted by molar-refractivity contribution is 0.102. The zero-order valence-corrected chi connectivity index (χ0v) is 14.1. The van der Waals surface area contributed by atoms with Gasteiger partial charge in [-0.2, -0.15) is 0 Å². The number of anilines is 1. The molecule has 24 heavy (non-hydrogen) atoms. The second-order valence-corrected chi connectivity index (χ2v) is 7.06. The fourth-order valence-electron chi connectivity index (χ4n) is 3.05. The molecular formula is C17H19N5OS. The van der Waals surface area contributed by atoms with Crippen molar-refractivity contribution in [3.05, 3.63) is 40.1 Å². The average molecular weight is 341 g/mol. The van der Waals surface area contributed by atoms with Gasteiger partial charge in [0.1, 0.15) is 0 Å². The highest BCUT2D eigenvalue weighted by molar-refractivity contribution is 7.13. The summed E-state index contributed by atoms with van der Waals surface area (Å²) in [5.41, 5.74) is 9.32. The third-order valence-electron chi connectivity index (χ3n) is 4.27. The van der Waals surface area contributed by atoms with Crippen LogP contribution in [0.5, 0.6) is 0 Å². The smallest absolute Gasteiger partial charge is 0.284 e. The molecule has 3 N–H and O–H groups in total. The van der Waals surface area contributed by atoms with Crippen LogP contribution in [-0.4, -0.2) is 27.0 Å². The molecule has 0 saturated carbocycles. The van der Waals surface area contributed by atoms with E-state index in [4.69, 9.17) is 5.73 Å². The Kier molecular flexibility index (Phi) is 4.03. The van der Waals surface area contributed by atoms with Gasteiger partial charge in [0.25, 0.3) is 5.91 Å². The summed E-state index contributed by atoms with van der Waals surface area (Å²) in [6, 6.07) is 5.78. The number of nitrogens with zero attached hydrogens (tertiary/aromatic N) is 3. The van der Waals surface area contributed by atoms with Crippen molar-refractivity contribution in [3.63, 3.8) is 0 Å². The van der Waals surface area contributed by atoms with E-state index in [0.29, 0.717) is 11.6 Å². The first-order valence-electron chi connectivity index (χ1n) is 8.19. The van der Waals surface area contributed by atoms with E-state index in [1.807, 2.05) is 24.5 Å². The van der Waals surface area contributed by atoms with Crippen LogP contribution < -0.4 is 11.1 Å². The molecule has 0 spiro atoms. The highest BCUT2D eigenvalue weighted by Gasteiger charge is 2.20. The maximum atomic E-state index is 12.4. The predicted molar refractivity (Wildman–Crippen MR) is 95.5 cm³/mol. The summed E-state index contributed by atoms with van der Waals surface area (Å²) in [5.74, 6) is -0.142. The summed E-state index contributed by atoms with van der Waals surface area (Å²) in [5, 5.41) is 3.48. The lowest BCUT2D eigenvalue weighted by Crippen LogP contribution is -2.11. The maximum absolute atomic E-state index is 12.4. The summed E-state index contributed by atoms with van der Waals surface area (Å²) in [6.45, 7) is 1.51. The van der Waals surface area contributed by atoms with E-state index in [-0.39, 0.29) is 5.91 Å². The Labute approximate surface area is 143 Å². The number of nitrogens with two attached hydrogens (primary N) is 1. The van der Waals surface area contributed by atoms with Crippen LogP contribution in [0.25, 0.3) is 11.0 Å². The zero-order valence-electron chi connectivity index (χ0n) is 13.3. The Morgan fingerprint density at radius 3 is 3.12 bits per heavy atom. The minimum absolute atomic E-state index is 0.142. The number of aryl methyl sites for hydroxylation is 3. The van der Waals surface area contributed by atoms with Crippen molar-refractivity contribution in [2.24, 2.45) is 5.73 Å². The molecule has 124 valence electrons. The lowest BCUT2D eigenvalue weighted by atomic mass is 10.2. The van der Waals surface area contributed by atoms with E-state index in [9.17, 15) is 4.79 Å². The predicted octanol–water partition coefficient (Wildman–Crippen LogP) is 2.58. The molecule has 1 aliphatic rings. The van der Waals surface area contributed by atoms with Crippen LogP contribution >= 0.6 is 11.3 Å². The van der Waals surface area contributed by atoms with Crippen molar-refractivity contribution in [2.45, 2.75) is 32.2 Å². The minimum Gasteiger partial charge on any atom is -0.331 e. The highest BCUT2D eigenvalue weighted by Crippen LogP contribution is 2.28. The molecule has 0 aliphatic heterocycles. The average Bonchev–Trinajstić information content (AvgIpc) is 3.26. The molecule has 1 aromatic carbocycles. The molecule has 0 fully saturated rings. The largest absolute Gasteiger partial charge is 0.331 e. The van der Waals surface area contributed by atoms with Gasteiger partial charge >= 0.3 is 0 Å². The number of rotatable bonds is 5. The minimum atomic E-state index is -0.142. The van der Waals surface area contributed by atoms with E-state index >= 15 is 0 Å². The number of hydrogen-bond acceptors (Lipinski definition) is 5. The number of thiazole rings is 1. The Bertz CT molecular complexity index is 876. The van der Waals surface area contributed by atoms with Gasteiger partial charge in [-0.25, -0.2) is 9.97 Å². The van der Waals surface area contributed by atoms with Gasteiger partial charge in [-0.15, -0.1) is 11.3 Å². The number of fused-ring (bicyclic) bond motifs is 2. The Balaban J connectivity index is 1.52. The summed E-state index contributed by atoms with van der Waals surface area (Å²) >= 11 is 1.51. The topological polar surface area (TPSA) is 85.8 Å². The Morgan fingerprint density at radius 1 is 1.38 bits per heavy atom. The SMILES string of the molecule is NCCCn1cnc2cc(NC(=O)c3nc4c(s3)CCC4)ccc21. The lowest BCUT2D eigenvalue weighted by Gasteiger charge is -2.05. The first kappa shape index (κ1) is 15.3. The molecule has 3 aromatic rings. The molecule has 2 aromatic heterocycles. The van der Waals surface area contributed by atoms with Crippen LogP contribution in [0.2, 0.25) is 0 Å². The molecule has 1 amide bonds. The summed E-state index contributed by atoms with van der Waals surface area (Å²) in [4.78, 5) is 22.5. The molecule has 6 nitrogen and oxygen atoms in total. The second kappa shape index (κ2) is 6.33. The summed E-state index contributed by atoms with van der Waals surface area (Å²) in [7, 11) is 0. The highest BCUT2D eigenvalue weighted by atomic mass is 32.1. The first-order valence-corrected chi connectivity index (χ1v) is 9.01. The van der Waals surface area contributed by atoms with E-state index < -0.39 is 0 Å². The number of carbonyl (C=O) groups excluding carboxylic acids is 1. The van der Waals surface area contributed by atoms with Gasteiger partial charge in [-0.05, 0) is 50.4 Å². The van der Waals surface area contributed by atoms with Crippen molar-refractivity contribution in [2.75, 3.05) is 11.9 Å². The molecule has 0 bridgehead atoms. The molecular weight excluding hydrogens is 322 g/mol. The van der Waals surface area contributed by atoms with Gasteiger partial charge in [0.15, 0.2) is 5.01 Å². The van der Waals surface area contributed by atoms with Crippen molar-refractivity contribution in [3.8, 4) is 0 Å². The van der Waals surface area contributed by atoms with Crippen LogP contribution in [-0.2, 0) is 19.4 Å². The molecule has 0 saturated heterocycles. The van der Waals surface area contributed by atoms with Crippen molar-refractivity contribution >= 4 is 34.0 Å². The fraction of sp³-hybridized carbons (Fsp3) is 0.353. The van der Waals surface area contributed by atoms with E-state index in [1.54, 1.807) is 0 Å². The monoisotopic (exact) mass is 341 g/mol. The third kappa shape index (κ3) is 2.81. The van der Waals surface area contributed by atoms with Crippen LogP contribution in [0.4, 0.5) is 5.69 Å². The number of aromatic nitrogens is 3. The molecule has 1 aliphatic carbocycles. The summed E-state index contributed by atoms with van der Waals surface area (Å²) < 4.78 is 2.08. The molecule has 0 unspecified atom stereocenters. The number of nitrogens with one attached hydrogen (secondary N) is 1. The Morgan fingerprint density at radius 2 is 2.29 bits per heavy atom. The van der Waals surface area contributed by atoms with Gasteiger partial charge in [0.2, 0.25) is 0 Å². The normalized spacial score (nSPS) is 13.4. The number of imidazole rings is 1. The van der Waals surface area contributed by atoms with Gasteiger partial charge in [-0.3, -0.25) is 4.79 Å². The molecule has 0 atom stereocenters. The third-order valence-corrected chi connectivity index (χ3v) is 5.43. The standard InChI is InChI=1S/C17H19N5OS/c18-7-2-8-22-10-19-13-9-11(5-6-14(13)22)20-16(23)17-21-12-3-1-4-15(12)24-17/h5-6,9-10H,1-4,7-8,18H2,(H,20,23). The Hall–Kier alpha value is -2.25. The van der Waals surface area contributed by atoms with Crippen molar-refractivity contribution < 1.29 is 4.79 Å². The second-order valence-electron chi connectivity index (χ2n) is 5.98. The van der Waals surface area contributed by atoms with Crippen LogP contribution in [0.1, 0.15) is 33.2 Å².